The van der Waals surface area contributed by atoms with Gasteiger partial charge in [0.15, 0.2) is 0 Å². The van der Waals surface area contributed by atoms with Gasteiger partial charge in [0.2, 0.25) is 0 Å². The third kappa shape index (κ3) is 4.93. The molecule has 1 aliphatic carbocycles. The van der Waals surface area contributed by atoms with Crippen molar-refractivity contribution in [3.05, 3.63) is 253 Å². The minimum absolute atomic E-state index is 0.571. The average Bonchev–Trinajstić information content (AvgIpc) is 3.80. The summed E-state index contributed by atoms with van der Waals surface area (Å²) in [6, 6.07) is 85.0. The molecule has 11 aromatic rings. The lowest BCUT2D eigenvalue weighted by atomic mass is 9.66. The third-order valence-corrected chi connectivity index (χ3v) is 12.6. The van der Waals surface area contributed by atoms with Gasteiger partial charge in [-0.2, -0.15) is 0 Å². The minimum atomic E-state index is -0.571. The number of fused-ring (bicyclic) bond motifs is 9. The molecule has 1 aliphatic rings. The molecule has 2 heteroatoms. The molecule has 1 aromatic heterocycles. The Labute approximate surface area is 343 Å². The molecule has 0 fully saturated rings. The van der Waals surface area contributed by atoms with Gasteiger partial charge < -0.3 is 9.47 Å². The van der Waals surface area contributed by atoms with Crippen LogP contribution in [0.1, 0.15) is 22.3 Å². The normalized spacial score (nSPS) is 12.9. The van der Waals surface area contributed by atoms with Crippen LogP contribution in [0.15, 0.2) is 231 Å². The highest BCUT2D eigenvalue weighted by Crippen LogP contribution is 2.59. The van der Waals surface area contributed by atoms with Gasteiger partial charge in [-0.3, -0.25) is 0 Å². The van der Waals surface area contributed by atoms with E-state index in [0.29, 0.717) is 0 Å². The van der Waals surface area contributed by atoms with Gasteiger partial charge in [0.1, 0.15) is 0 Å². The highest BCUT2D eigenvalue weighted by molar-refractivity contribution is 6.11. The van der Waals surface area contributed by atoms with Crippen LogP contribution in [0.5, 0.6) is 0 Å². The molecule has 2 nitrogen and oxygen atoms in total. The van der Waals surface area contributed by atoms with Crippen molar-refractivity contribution in [2.75, 3.05) is 4.90 Å². The predicted octanol–water partition coefficient (Wildman–Crippen LogP) is 14.9. The van der Waals surface area contributed by atoms with E-state index in [0.717, 1.165) is 22.7 Å². The molecular formula is C57H38N2. The van der Waals surface area contributed by atoms with Gasteiger partial charge in [0.25, 0.3) is 0 Å². The van der Waals surface area contributed by atoms with Crippen molar-refractivity contribution >= 4 is 60.4 Å². The van der Waals surface area contributed by atoms with Gasteiger partial charge >= 0.3 is 0 Å². The fraction of sp³-hybridized carbons (Fsp3) is 0.0175. The van der Waals surface area contributed by atoms with Gasteiger partial charge in [0.05, 0.1) is 22.1 Å². The van der Waals surface area contributed by atoms with Crippen molar-refractivity contribution in [1.82, 2.24) is 4.57 Å². The molecule has 0 saturated carbocycles. The Hall–Kier alpha value is -7.68. The van der Waals surface area contributed by atoms with E-state index in [-0.39, 0.29) is 0 Å². The number of nitrogens with zero attached hydrogens (tertiary/aromatic N) is 2. The number of anilines is 3. The Kier molecular flexibility index (Phi) is 7.48. The Bertz CT molecular complexity index is 3340. The van der Waals surface area contributed by atoms with Crippen LogP contribution in [0.25, 0.3) is 60.2 Å². The predicted molar refractivity (Wildman–Crippen MR) is 248 cm³/mol. The molecule has 0 aliphatic heterocycles. The molecule has 12 rings (SSSR count). The summed E-state index contributed by atoms with van der Waals surface area (Å²) in [4.78, 5) is 2.48. The standard InChI is InChI=1S/C57H38N2/c1-4-20-41(21-5-1)57(42-22-6-2-7-23-42)52-37-44(32-35-48(52)51-34-31-40-18-11-13-27-47(40)56(51)57)58(53-30-16-19-39-17-10-12-26-46(39)53)45-33-36-50-49-28-14-15-29-54(49)59(55(50)38-45)43-24-8-3-9-25-43/h1-38H. The summed E-state index contributed by atoms with van der Waals surface area (Å²) in [7, 11) is 0. The molecule has 276 valence electrons. The fourth-order valence-electron chi connectivity index (χ4n) is 10.2. The number of hydrogen-bond donors (Lipinski definition) is 0. The zero-order valence-corrected chi connectivity index (χ0v) is 32.3. The lowest BCUT2D eigenvalue weighted by molar-refractivity contribution is 0.775. The number of aromatic nitrogens is 1. The Morgan fingerprint density at radius 2 is 0.898 bits per heavy atom. The summed E-state index contributed by atoms with van der Waals surface area (Å²) < 4.78 is 2.41. The SMILES string of the molecule is c1ccc(-n2c3ccccc3c3ccc(N(c4ccc5c(c4)C(c4ccccc4)(c4ccccc4)c4c-5ccc5ccccc45)c4cccc5ccccc45)cc32)cc1. The number of para-hydroxylation sites is 2. The maximum Gasteiger partial charge on any atom is 0.0720 e. The van der Waals surface area contributed by atoms with Crippen LogP contribution in [-0.4, -0.2) is 4.57 Å². The van der Waals surface area contributed by atoms with Gasteiger partial charge in [-0.15, -0.1) is 0 Å². The second-order valence-corrected chi connectivity index (χ2v) is 15.6. The molecule has 0 spiro atoms. The summed E-state index contributed by atoms with van der Waals surface area (Å²) in [5, 5.41) is 7.40. The van der Waals surface area contributed by atoms with E-state index >= 15 is 0 Å². The minimum Gasteiger partial charge on any atom is -0.310 e. The number of rotatable bonds is 6. The second kappa shape index (κ2) is 13.2. The van der Waals surface area contributed by atoms with Crippen molar-refractivity contribution in [2.24, 2.45) is 0 Å². The molecule has 0 saturated heterocycles. The summed E-state index contributed by atoms with van der Waals surface area (Å²) in [6.07, 6.45) is 0. The van der Waals surface area contributed by atoms with Crippen molar-refractivity contribution < 1.29 is 0 Å². The van der Waals surface area contributed by atoms with E-state index in [1.54, 1.807) is 0 Å². The molecule has 0 atom stereocenters. The summed E-state index contributed by atoms with van der Waals surface area (Å²) in [5.74, 6) is 0. The van der Waals surface area contributed by atoms with Crippen molar-refractivity contribution in [1.29, 1.82) is 0 Å². The molecule has 0 unspecified atom stereocenters. The Balaban J connectivity index is 1.18. The molecule has 59 heavy (non-hydrogen) atoms. The second-order valence-electron chi connectivity index (χ2n) is 15.6. The van der Waals surface area contributed by atoms with Crippen LogP contribution in [0, 0.1) is 0 Å². The first-order chi connectivity index (χ1) is 29.3. The van der Waals surface area contributed by atoms with Crippen LogP contribution >= 0.6 is 0 Å². The lowest BCUT2D eigenvalue weighted by Gasteiger charge is -2.35. The Morgan fingerprint density at radius 1 is 0.356 bits per heavy atom. The van der Waals surface area contributed by atoms with Crippen LogP contribution in [0.2, 0.25) is 0 Å². The molecule has 0 amide bonds. The molecule has 1 heterocycles. The molecule has 0 bridgehead atoms. The highest BCUT2D eigenvalue weighted by Gasteiger charge is 2.47. The number of hydrogen-bond acceptors (Lipinski definition) is 1. The van der Waals surface area contributed by atoms with Crippen LogP contribution in [-0.2, 0) is 5.41 Å². The summed E-state index contributed by atoms with van der Waals surface area (Å²) in [5.41, 5.74) is 13.9. The van der Waals surface area contributed by atoms with Crippen LogP contribution in [0.3, 0.4) is 0 Å². The van der Waals surface area contributed by atoms with Gasteiger partial charge in [-0.1, -0.05) is 182 Å². The van der Waals surface area contributed by atoms with Crippen LogP contribution in [0.4, 0.5) is 17.1 Å². The molecule has 0 radical (unpaired) electrons. The number of benzene rings is 10. The topological polar surface area (TPSA) is 8.17 Å². The molecule has 10 aromatic carbocycles. The van der Waals surface area contributed by atoms with Gasteiger partial charge in [0, 0.05) is 33.2 Å². The maximum atomic E-state index is 2.49. The first kappa shape index (κ1) is 33.5. The zero-order chi connectivity index (χ0) is 38.9. The van der Waals surface area contributed by atoms with E-state index < -0.39 is 5.41 Å². The maximum absolute atomic E-state index is 2.49. The van der Waals surface area contributed by atoms with Gasteiger partial charge in [-0.25, -0.2) is 0 Å². The van der Waals surface area contributed by atoms with E-state index in [4.69, 9.17) is 0 Å². The fourth-order valence-corrected chi connectivity index (χ4v) is 10.2. The van der Waals surface area contributed by atoms with Crippen molar-refractivity contribution in [2.45, 2.75) is 5.41 Å². The first-order valence-electron chi connectivity index (χ1n) is 20.4. The smallest absolute Gasteiger partial charge is 0.0720 e. The molecular weight excluding hydrogens is 713 g/mol. The first-order valence-corrected chi connectivity index (χ1v) is 20.4. The van der Waals surface area contributed by atoms with E-state index in [9.17, 15) is 0 Å². The quantitative estimate of drug-likeness (QED) is 0.164. The van der Waals surface area contributed by atoms with Crippen molar-refractivity contribution in [3.8, 4) is 16.8 Å². The van der Waals surface area contributed by atoms with Gasteiger partial charge in [-0.05, 0) is 98.1 Å². The zero-order valence-electron chi connectivity index (χ0n) is 32.3. The van der Waals surface area contributed by atoms with E-state index in [1.807, 2.05) is 0 Å². The third-order valence-electron chi connectivity index (χ3n) is 12.6. The Morgan fingerprint density at radius 3 is 1.64 bits per heavy atom. The van der Waals surface area contributed by atoms with E-state index in [1.165, 1.54) is 76.7 Å². The average molecular weight is 751 g/mol. The monoisotopic (exact) mass is 750 g/mol. The van der Waals surface area contributed by atoms with Crippen LogP contribution < -0.4 is 4.90 Å². The largest absolute Gasteiger partial charge is 0.310 e. The summed E-state index contributed by atoms with van der Waals surface area (Å²) in [6.45, 7) is 0. The van der Waals surface area contributed by atoms with E-state index in [2.05, 4.69) is 240 Å². The molecule has 0 N–H and O–H groups in total. The highest BCUT2D eigenvalue weighted by atomic mass is 15.1. The summed E-state index contributed by atoms with van der Waals surface area (Å²) >= 11 is 0. The lowest BCUT2D eigenvalue weighted by Crippen LogP contribution is -2.29. The van der Waals surface area contributed by atoms with Crippen molar-refractivity contribution in [3.63, 3.8) is 0 Å².